The summed E-state index contributed by atoms with van der Waals surface area (Å²) in [6, 6.07) is 23.5. The SMILES string of the molecule is CCN(CC)c1ccc(/C=C2/SC(=O)N(Cc3ccccc3Br)C2=O)c(OCc2ccccc2)c1. The number of carbonyl (C=O) groups is 2. The summed E-state index contributed by atoms with van der Waals surface area (Å²) < 4.78 is 7.08. The van der Waals surface area contributed by atoms with Crippen LogP contribution in [0.5, 0.6) is 5.75 Å². The lowest BCUT2D eigenvalue weighted by molar-refractivity contribution is -0.123. The zero-order valence-corrected chi connectivity index (χ0v) is 22.1. The predicted molar refractivity (Wildman–Crippen MR) is 146 cm³/mol. The monoisotopic (exact) mass is 550 g/mol. The van der Waals surface area contributed by atoms with Crippen molar-refractivity contribution in [3.63, 3.8) is 0 Å². The molecule has 180 valence electrons. The largest absolute Gasteiger partial charge is 0.488 e. The van der Waals surface area contributed by atoms with Gasteiger partial charge in [0, 0.05) is 34.9 Å². The Morgan fingerprint density at radius 2 is 1.69 bits per heavy atom. The first-order valence-electron chi connectivity index (χ1n) is 11.5. The summed E-state index contributed by atoms with van der Waals surface area (Å²) in [5, 5.41) is -0.275. The fourth-order valence-corrected chi connectivity index (χ4v) is 5.10. The topological polar surface area (TPSA) is 49.9 Å². The summed E-state index contributed by atoms with van der Waals surface area (Å²) in [4.78, 5) is 29.8. The molecular formula is C28H27BrN2O3S. The van der Waals surface area contributed by atoms with Crippen LogP contribution in [0.15, 0.2) is 82.2 Å². The molecule has 0 unspecified atom stereocenters. The molecule has 3 aromatic carbocycles. The molecule has 1 aliphatic heterocycles. The lowest BCUT2D eigenvalue weighted by atomic mass is 10.1. The summed E-state index contributed by atoms with van der Waals surface area (Å²) in [6.45, 7) is 6.62. The lowest BCUT2D eigenvalue weighted by Crippen LogP contribution is -2.27. The van der Waals surface area contributed by atoms with Crippen molar-refractivity contribution in [1.29, 1.82) is 0 Å². The molecule has 4 rings (SSSR count). The van der Waals surface area contributed by atoms with Crippen LogP contribution >= 0.6 is 27.7 Å². The minimum absolute atomic E-state index is 0.224. The van der Waals surface area contributed by atoms with E-state index in [1.807, 2.05) is 72.8 Å². The van der Waals surface area contributed by atoms with E-state index >= 15 is 0 Å². The van der Waals surface area contributed by atoms with Gasteiger partial charge in [-0.3, -0.25) is 14.5 Å². The van der Waals surface area contributed by atoms with Crippen LogP contribution in [-0.2, 0) is 17.9 Å². The molecule has 1 heterocycles. The molecule has 0 atom stereocenters. The van der Waals surface area contributed by atoms with E-state index in [1.54, 1.807) is 6.08 Å². The number of anilines is 1. The molecule has 3 aromatic rings. The third-order valence-corrected chi connectivity index (χ3v) is 7.49. The van der Waals surface area contributed by atoms with Gasteiger partial charge in [-0.2, -0.15) is 0 Å². The summed E-state index contributed by atoms with van der Waals surface area (Å²) in [5.41, 5.74) is 3.76. The third-order valence-electron chi connectivity index (χ3n) is 5.81. The first-order valence-corrected chi connectivity index (χ1v) is 13.2. The van der Waals surface area contributed by atoms with E-state index in [0.717, 1.165) is 51.7 Å². The minimum atomic E-state index is -0.294. The van der Waals surface area contributed by atoms with Gasteiger partial charge in [0.1, 0.15) is 12.4 Å². The molecular weight excluding hydrogens is 524 g/mol. The molecule has 0 radical (unpaired) electrons. The molecule has 0 spiro atoms. The standard InChI is InChI=1S/C28H27BrN2O3S/c1-3-30(4-2)23-15-14-21(25(17-23)34-19-20-10-6-5-7-11-20)16-26-27(32)31(28(33)35-26)18-22-12-8-9-13-24(22)29/h5-17H,3-4,18-19H2,1-2H3/b26-16+. The van der Waals surface area contributed by atoms with Crippen LogP contribution in [0.2, 0.25) is 0 Å². The maximum atomic E-state index is 13.1. The van der Waals surface area contributed by atoms with Crippen LogP contribution in [0.25, 0.3) is 6.08 Å². The van der Waals surface area contributed by atoms with Crippen molar-refractivity contribution in [3.05, 3.63) is 98.9 Å². The van der Waals surface area contributed by atoms with Gasteiger partial charge >= 0.3 is 0 Å². The molecule has 0 aromatic heterocycles. The number of ether oxygens (including phenoxy) is 1. The Morgan fingerprint density at radius 1 is 0.971 bits per heavy atom. The van der Waals surface area contributed by atoms with Crippen LogP contribution in [0.3, 0.4) is 0 Å². The Hall–Kier alpha value is -3.03. The molecule has 35 heavy (non-hydrogen) atoms. The highest BCUT2D eigenvalue weighted by molar-refractivity contribution is 9.10. The highest BCUT2D eigenvalue weighted by Crippen LogP contribution is 2.36. The van der Waals surface area contributed by atoms with Crippen molar-refractivity contribution < 1.29 is 14.3 Å². The van der Waals surface area contributed by atoms with Crippen molar-refractivity contribution in [2.24, 2.45) is 0 Å². The van der Waals surface area contributed by atoms with Crippen molar-refractivity contribution in [2.75, 3.05) is 18.0 Å². The van der Waals surface area contributed by atoms with Crippen LogP contribution in [0, 0.1) is 0 Å². The molecule has 5 nitrogen and oxygen atoms in total. The average Bonchev–Trinajstić information content (AvgIpc) is 3.13. The number of thioether (sulfide) groups is 1. The third kappa shape index (κ3) is 5.97. The van der Waals surface area contributed by atoms with Crippen molar-refractivity contribution in [3.8, 4) is 5.75 Å². The van der Waals surface area contributed by atoms with E-state index in [2.05, 4.69) is 34.7 Å². The van der Waals surface area contributed by atoms with Gasteiger partial charge < -0.3 is 9.64 Å². The van der Waals surface area contributed by atoms with Gasteiger partial charge in [0.2, 0.25) is 0 Å². The number of imide groups is 1. The van der Waals surface area contributed by atoms with Gasteiger partial charge in [-0.15, -0.1) is 0 Å². The molecule has 1 aliphatic rings. The van der Waals surface area contributed by atoms with Crippen molar-refractivity contribution >= 4 is 50.6 Å². The van der Waals surface area contributed by atoms with Crippen LogP contribution in [0.1, 0.15) is 30.5 Å². The van der Waals surface area contributed by atoms with Crippen LogP contribution in [-0.4, -0.2) is 29.1 Å². The van der Waals surface area contributed by atoms with Crippen LogP contribution < -0.4 is 9.64 Å². The highest BCUT2D eigenvalue weighted by atomic mass is 79.9. The number of carbonyl (C=O) groups excluding carboxylic acids is 2. The first-order chi connectivity index (χ1) is 17.0. The number of hydrogen-bond acceptors (Lipinski definition) is 5. The number of nitrogens with zero attached hydrogens (tertiary/aromatic N) is 2. The second-order valence-corrected chi connectivity index (χ2v) is 9.88. The molecule has 2 amide bonds. The molecule has 0 N–H and O–H groups in total. The van der Waals surface area contributed by atoms with E-state index in [4.69, 9.17) is 4.74 Å². The molecule has 0 saturated carbocycles. The predicted octanol–water partition coefficient (Wildman–Crippen LogP) is 7.11. The summed E-state index contributed by atoms with van der Waals surface area (Å²) in [6.07, 6.45) is 1.76. The number of halogens is 1. The average molecular weight is 552 g/mol. The van der Waals surface area contributed by atoms with E-state index in [9.17, 15) is 9.59 Å². The van der Waals surface area contributed by atoms with E-state index in [-0.39, 0.29) is 17.7 Å². The van der Waals surface area contributed by atoms with Gasteiger partial charge in [-0.1, -0.05) is 64.5 Å². The molecule has 1 fully saturated rings. The quantitative estimate of drug-likeness (QED) is 0.265. The molecule has 7 heteroatoms. The fourth-order valence-electron chi connectivity index (χ4n) is 3.86. The highest BCUT2D eigenvalue weighted by Gasteiger charge is 2.35. The molecule has 0 aliphatic carbocycles. The Morgan fingerprint density at radius 3 is 2.40 bits per heavy atom. The zero-order valence-electron chi connectivity index (χ0n) is 19.7. The smallest absolute Gasteiger partial charge is 0.293 e. The van der Waals surface area contributed by atoms with Gasteiger partial charge in [-0.25, -0.2) is 0 Å². The van der Waals surface area contributed by atoms with Crippen molar-refractivity contribution in [2.45, 2.75) is 27.0 Å². The number of rotatable bonds is 9. The number of amides is 2. The molecule has 1 saturated heterocycles. The number of benzene rings is 3. The Bertz CT molecular complexity index is 1240. The fraction of sp³-hybridized carbons (Fsp3) is 0.214. The lowest BCUT2D eigenvalue weighted by Gasteiger charge is -2.22. The van der Waals surface area contributed by atoms with Gasteiger partial charge in [-0.05, 0) is 61.0 Å². The van der Waals surface area contributed by atoms with Crippen molar-refractivity contribution in [1.82, 2.24) is 4.90 Å². The summed E-state index contributed by atoms with van der Waals surface area (Å²) >= 11 is 4.46. The minimum Gasteiger partial charge on any atom is -0.488 e. The second-order valence-electron chi connectivity index (χ2n) is 8.03. The van der Waals surface area contributed by atoms with Gasteiger partial charge in [0.25, 0.3) is 11.1 Å². The van der Waals surface area contributed by atoms with E-state index in [1.165, 1.54) is 4.90 Å². The normalized spacial score (nSPS) is 14.6. The van der Waals surface area contributed by atoms with Gasteiger partial charge in [0.05, 0.1) is 11.4 Å². The second kappa shape index (κ2) is 11.6. The Labute approximate surface area is 218 Å². The summed E-state index contributed by atoms with van der Waals surface area (Å²) in [5.74, 6) is 0.383. The Kier molecular flexibility index (Phi) is 8.31. The van der Waals surface area contributed by atoms with E-state index < -0.39 is 0 Å². The molecule has 0 bridgehead atoms. The van der Waals surface area contributed by atoms with Gasteiger partial charge in [0.15, 0.2) is 0 Å². The first kappa shape index (κ1) is 25.1. The summed E-state index contributed by atoms with van der Waals surface area (Å²) in [7, 11) is 0. The van der Waals surface area contributed by atoms with E-state index in [0.29, 0.717) is 17.3 Å². The Balaban J connectivity index is 1.62. The maximum absolute atomic E-state index is 13.1. The maximum Gasteiger partial charge on any atom is 0.293 e. The van der Waals surface area contributed by atoms with Crippen LogP contribution in [0.4, 0.5) is 10.5 Å². The number of hydrogen-bond donors (Lipinski definition) is 0. The zero-order chi connectivity index (χ0) is 24.8.